The van der Waals surface area contributed by atoms with Crippen molar-refractivity contribution in [3.05, 3.63) is 65.2 Å². The third-order valence-electron chi connectivity index (χ3n) is 4.51. The van der Waals surface area contributed by atoms with Crippen LogP contribution in [0.4, 0.5) is 10.5 Å². The Morgan fingerprint density at radius 3 is 2.30 bits per heavy atom. The van der Waals surface area contributed by atoms with E-state index in [1.165, 1.54) is 11.0 Å². The molecule has 1 aliphatic rings. The van der Waals surface area contributed by atoms with Crippen LogP contribution in [0.15, 0.2) is 48.5 Å². The molecule has 8 heteroatoms. The lowest BCUT2D eigenvalue weighted by Crippen LogP contribution is -2.30. The van der Waals surface area contributed by atoms with Crippen LogP contribution in [0.5, 0.6) is 0 Å². The minimum atomic E-state index is -0.601. The number of hydrogen-bond donors (Lipinski definition) is 1. The van der Waals surface area contributed by atoms with Crippen LogP contribution >= 0.6 is 0 Å². The summed E-state index contributed by atoms with van der Waals surface area (Å²) < 4.78 is 10.0. The molecule has 0 unspecified atom stereocenters. The van der Waals surface area contributed by atoms with Crippen LogP contribution in [0.1, 0.15) is 50.8 Å². The van der Waals surface area contributed by atoms with Crippen LogP contribution < -0.4 is 5.32 Å². The lowest BCUT2D eigenvalue weighted by atomic mass is 10.1. The van der Waals surface area contributed by atoms with E-state index < -0.39 is 12.1 Å². The van der Waals surface area contributed by atoms with Crippen molar-refractivity contribution in [2.75, 3.05) is 25.1 Å². The van der Waals surface area contributed by atoms with E-state index in [2.05, 4.69) is 5.32 Å². The molecular formula is C22H22N2O6. The summed E-state index contributed by atoms with van der Waals surface area (Å²) in [6.45, 7) is 2.36. The third kappa shape index (κ3) is 4.83. The maximum Gasteiger partial charge on any atom is 0.411 e. The number of imide groups is 1. The summed E-state index contributed by atoms with van der Waals surface area (Å²) in [7, 11) is 0. The standard InChI is InChI=1S/C22H22N2O6/c1-2-29-22(28)23-16-9-7-8-15(14-16)21(27)30-13-6-5-12-24-19(25)17-10-3-4-11-18(17)20(24)26/h3-4,7-11,14H,2,5-6,12-13H2,1H3,(H,23,28). The number of hydrogen-bond acceptors (Lipinski definition) is 6. The van der Waals surface area contributed by atoms with Gasteiger partial charge in [-0.05, 0) is 50.1 Å². The number of nitrogens with zero attached hydrogens (tertiary/aromatic N) is 1. The second-order valence-electron chi connectivity index (χ2n) is 6.58. The zero-order valence-electron chi connectivity index (χ0n) is 16.6. The summed E-state index contributed by atoms with van der Waals surface area (Å²) in [6, 6.07) is 13.1. The van der Waals surface area contributed by atoms with Gasteiger partial charge in [0.25, 0.3) is 11.8 Å². The van der Waals surface area contributed by atoms with Crippen LogP contribution in [0, 0.1) is 0 Å². The Bertz CT molecular complexity index is 937. The zero-order valence-corrected chi connectivity index (χ0v) is 16.6. The molecule has 2 aromatic rings. The number of rotatable bonds is 8. The maximum atomic E-state index is 12.3. The number of amides is 3. The van der Waals surface area contributed by atoms with Gasteiger partial charge < -0.3 is 9.47 Å². The van der Waals surface area contributed by atoms with Crippen molar-refractivity contribution in [1.82, 2.24) is 4.90 Å². The third-order valence-corrected chi connectivity index (χ3v) is 4.51. The maximum absolute atomic E-state index is 12.3. The molecule has 2 aromatic carbocycles. The van der Waals surface area contributed by atoms with E-state index in [9.17, 15) is 19.2 Å². The number of benzene rings is 2. The normalized spacial score (nSPS) is 12.5. The Hall–Kier alpha value is -3.68. The fraction of sp³-hybridized carbons (Fsp3) is 0.273. The fourth-order valence-corrected chi connectivity index (χ4v) is 3.07. The predicted molar refractivity (Wildman–Crippen MR) is 108 cm³/mol. The van der Waals surface area contributed by atoms with E-state index in [1.807, 2.05) is 0 Å². The molecule has 156 valence electrons. The summed E-state index contributed by atoms with van der Waals surface area (Å²) in [5.74, 6) is -1.11. The molecule has 0 fully saturated rings. The topological polar surface area (TPSA) is 102 Å². The molecule has 0 aliphatic carbocycles. The number of carbonyl (C=O) groups is 4. The molecule has 3 amide bonds. The van der Waals surface area contributed by atoms with Crippen molar-refractivity contribution in [2.24, 2.45) is 0 Å². The molecule has 0 radical (unpaired) electrons. The number of ether oxygens (including phenoxy) is 2. The second-order valence-corrected chi connectivity index (χ2v) is 6.58. The van der Waals surface area contributed by atoms with Gasteiger partial charge in [0.15, 0.2) is 0 Å². The average Bonchev–Trinajstić information content (AvgIpc) is 2.98. The molecule has 0 aromatic heterocycles. The molecule has 1 aliphatic heterocycles. The number of unbranched alkanes of at least 4 members (excludes halogenated alkanes) is 1. The number of carbonyl (C=O) groups excluding carboxylic acids is 4. The molecule has 30 heavy (non-hydrogen) atoms. The Labute approximate surface area is 173 Å². The van der Waals surface area contributed by atoms with Crippen LogP contribution in [0.2, 0.25) is 0 Å². The second kappa shape index (κ2) is 9.69. The van der Waals surface area contributed by atoms with Crippen molar-refractivity contribution in [3.63, 3.8) is 0 Å². The zero-order chi connectivity index (χ0) is 21.5. The lowest BCUT2D eigenvalue weighted by molar-refractivity contribution is 0.0485. The number of esters is 1. The largest absolute Gasteiger partial charge is 0.462 e. The average molecular weight is 410 g/mol. The highest BCUT2D eigenvalue weighted by Crippen LogP contribution is 2.22. The van der Waals surface area contributed by atoms with E-state index in [0.717, 1.165) is 0 Å². The molecule has 0 saturated heterocycles. The van der Waals surface area contributed by atoms with Gasteiger partial charge in [-0.3, -0.25) is 19.8 Å². The van der Waals surface area contributed by atoms with Crippen molar-refractivity contribution in [3.8, 4) is 0 Å². The van der Waals surface area contributed by atoms with E-state index in [-0.39, 0.29) is 31.6 Å². The Balaban J connectivity index is 1.43. The van der Waals surface area contributed by atoms with Gasteiger partial charge in [-0.25, -0.2) is 9.59 Å². The molecule has 0 atom stereocenters. The van der Waals surface area contributed by atoms with Crippen molar-refractivity contribution in [1.29, 1.82) is 0 Å². The first-order chi connectivity index (χ1) is 14.5. The van der Waals surface area contributed by atoms with E-state index >= 15 is 0 Å². The van der Waals surface area contributed by atoms with Gasteiger partial charge in [0, 0.05) is 12.2 Å². The molecule has 0 spiro atoms. The molecule has 0 bridgehead atoms. The monoisotopic (exact) mass is 410 g/mol. The summed E-state index contributed by atoms with van der Waals surface area (Å²) >= 11 is 0. The van der Waals surface area contributed by atoms with Crippen LogP contribution in [0.25, 0.3) is 0 Å². The smallest absolute Gasteiger partial charge is 0.411 e. The lowest BCUT2D eigenvalue weighted by Gasteiger charge is -2.13. The summed E-state index contributed by atoms with van der Waals surface area (Å²) in [4.78, 5) is 49.5. The van der Waals surface area contributed by atoms with E-state index in [0.29, 0.717) is 35.2 Å². The van der Waals surface area contributed by atoms with Gasteiger partial charge in [-0.15, -0.1) is 0 Å². The van der Waals surface area contributed by atoms with Gasteiger partial charge >= 0.3 is 12.1 Å². The Morgan fingerprint density at radius 1 is 0.933 bits per heavy atom. The quantitative estimate of drug-likeness (QED) is 0.406. The predicted octanol–water partition coefficient (Wildman–Crippen LogP) is 3.49. The molecular weight excluding hydrogens is 388 g/mol. The van der Waals surface area contributed by atoms with Gasteiger partial charge in [0.05, 0.1) is 29.9 Å². The van der Waals surface area contributed by atoms with Crippen molar-refractivity contribution < 1.29 is 28.7 Å². The first-order valence-electron chi connectivity index (χ1n) is 9.67. The van der Waals surface area contributed by atoms with Crippen LogP contribution in [-0.2, 0) is 9.47 Å². The molecule has 1 N–H and O–H groups in total. The Morgan fingerprint density at radius 2 is 1.63 bits per heavy atom. The highest BCUT2D eigenvalue weighted by molar-refractivity contribution is 6.21. The van der Waals surface area contributed by atoms with Gasteiger partial charge in [0.2, 0.25) is 0 Å². The number of anilines is 1. The van der Waals surface area contributed by atoms with E-state index in [1.54, 1.807) is 49.4 Å². The van der Waals surface area contributed by atoms with Crippen LogP contribution in [-0.4, -0.2) is 48.5 Å². The van der Waals surface area contributed by atoms with Crippen LogP contribution in [0.3, 0.4) is 0 Å². The first-order valence-corrected chi connectivity index (χ1v) is 9.67. The van der Waals surface area contributed by atoms with Gasteiger partial charge in [0.1, 0.15) is 0 Å². The minimum absolute atomic E-state index is 0.150. The summed E-state index contributed by atoms with van der Waals surface area (Å²) in [5, 5.41) is 2.52. The van der Waals surface area contributed by atoms with Gasteiger partial charge in [-0.2, -0.15) is 0 Å². The molecule has 3 rings (SSSR count). The van der Waals surface area contributed by atoms with E-state index in [4.69, 9.17) is 9.47 Å². The van der Waals surface area contributed by atoms with Crippen molar-refractivity contribution in [2.45, 2.75) is 19.8 Å². The molecule has 0 saturated carbocycles. The summed E-state index contributed by atoms with van der Waals surface area (Å²) in [6.07, 6.45) is 0.416. The first kappa shape index (κ1) is 21.0. The van der Waals surface area contributed by atoms with Gasteiger partial charge in [-0.1, -0.05) is 18.2 Å². The molecule has 8 nitrogen and oxygen atoms in total. The summed E-state index contributed by atoms with van der Waals surface area (Å²) in [5.41, 5.74) is 1.56. The van der Waals surface area contributed by atoms with Crippen molar-refractivity contribution >= 4 is 29.6 Å². The number of nitrogens with one attached hydrogen (secondary N) is 1. The minimum Gasteiger partial charge on any atom is -0.462 e. The Kier molecular flexibility index (Phi) is 6.79. The highest BCUT2D eigenvalue weighted by Gasteiger charge is 2.34. The fourth-order valence-electron chi connectivity index (χ4n) is 3.07. The molecule has 1 heterocycles. The SMILES string of the molecule is CCOC(=O)Nc1cccc(C(=O)OCCCCN2C(=O)c3ccccc3C2=O)c1. The number of fused-ring (bicyclic) bond motifs is 1. The highest BCUT2D eigenvalue weighted by atomic mass is 16.5.